The second-order valence-corrected chi connectivity index (χ2v) is 6.50. The van der Waals surface area contributed by atoms with Gasteiger partial charge in [0.15, 0.2) is 5.16 Å². The van der Waals surface area contributed by atoms with E-state index in [0.29, 0.717) is 6.04 Å². The summed E-state index contributed by atoms with van der Waals surface area (Å²) in [6.07, 6.45) is 3.97. The molecule has 1 aromatic heterocycles. The Hall–Kier alpha value is -0.610. The highest BCUT2D eigenvalue weighted by molar-refractivity contribution is 7.99. The molecule has 2 rings (SSSR count). The predicted octanol–water partition coefficient (Wildman–Crippen LogP) is 3.27. The number of hydrogen-bond acceptors (Lipinski definition) is 4. The molecule has 0 bridgehead atoms. The molecule has 0 aliphatic heterocycles. The van der Waals surface area contributed by atoms with Crippen molar-refractivity contribution < 1.29 is 0 Å². The van der Waals surface area contributed by atoms with Crippen LogP contribution in [0.15, 0.2) is 5.16 Å². The normalized spacial score (nSPS) is 16.6. The lowest BCUT2D eigenvalue weighted by Gasteiger charge is -2.17. The van der Waals surface area contributed by atoms with Crippen LogP contribution in [-0.2, 0) is 0 Å². The molecule has 1 atom stereocenters. The number of aromatic nitrogens is 2. The van der Waals surface area contributed by atoms with Gasteiger partial charge in [-0.15, -0.1) is 0 Å². The molecule has 0 aromatic carbocycles. The molecule has 1 aromatic rings. The fourth-order valence-corrected chi connectivity index (χ4v) is 3.28. The molecule has 1 unspecified atom stereocenters. The van der Waals surface area contributed by atoms with E-state index in [9.17, 15) is 0 Å². The summed E-state index contributed by atoms with van der Waals surface area (Å²) >= 11 is 1.80. The topological polar surface area (TPSA) is 37.8 Å². The molecule has 0 radical (unpaired) electrons. The van der Waals surface area contributed by atoms with Crippen LogP contribution in [0.5, 0.6) is 0 Å². The Labute approximate surface area is 121 Å². The van der Waals surface area contributed by atoms with Gasteiger partial charge in [0.2, 0.25) is 0 Å². The zero-order valence-electron chi connectivity index (χ0n) is 12.5. The van der Waals surface area contributed by atoms with Gasteiger partial charge in [-0.3, -0.25) is 0 Å². The largest absolute Gasteiger partial charge is 0.313 e. The minimum absolute atomic E-state index is 0.635. The summed E-state index contributed by atoms with van der Waals surface area (Å²) in [6, 6.07) is 0.635. The van der Waals surface area contributed by atoms with Crippen LogP contribution in [0.3, 0.4) is 0 Å². The molecule has 1 N–H and O–H groups in total. The fourth-order valence-electron chi connectivity index (χ4n) is 2.16. The van der Waals surface area contributed by atoms with Gasteiger partial charge in [0.1, 0.15) is 0 Å². The smallest absolute Gasteiger partial charge is 0.188 e. The van der Waals surface area contributed by atoms with Gasteiger partial charge in [-0.05, 0) is 58.1 Å². The lowest BCUT2D eigenvalue weighted by Crippen LogP contribution is -2.34. The van der Waals surface area contributed by atoms with E-state index in [1.807, 2.05) is 0 Å². The average Bonchev–Trinajstić information content (AvgIpc) is 3.20. The van der Waals surface area contributed by atoms with Crippen LogP contribution in [0.2, 0.25) is 0 Å². The zero-order chi connectivity index (χ0) is 13.8. The van der Waals surface area contributed by atoms with Crippen LogP contribution in [0.25, 0.3) is 0 Å². The van der Waals surface area contributed by atoms with Gasteiger partial charge in [-0.1, -0.05) is 18.7 Å². The van der Waals surface area contributed by atoms with Crippen molar-refractivity contribution in [1.82, 2.24) is 15.3 Å². The lowest BCUT2D eigenvalue weighted by atomic mass is 10.2. The molecule has 0 amide bonds. The number of nitrogens with zero attached hydrogens (tertiary/aromatic N) is 2. The zero-order valence-corrected chi connectivity index (χ0v) is 13.3. The molecule has 1 fully saturated rings. The maximum atomic E-state index is 4.59. The Balaban J connectivity index is 1.93. The molecule has 1 aliphatic carbocycles. The highest BCUT2D eigenvalue weighted by Gasteiger charge is 2.30. The van der Waals surface area contributed by atoms with Crippen molar-refractivity contribution in [3.63, 3.8) is 0 Å². The molecule has 1 heterocycles. The van der Waals surface area contributed by atoms with Crippen LogP contribution in [-0.4, -0.2) is 28.3 Å². The highest BCUT2D eigenvalue weighted by atomic mass is 32.2. The van der Waals surface area contributed by atoms with E-state index >= 15 is 0 Å². The van der Waals surface area contributed by atoms with Crippen LogP contribution in [0.1, 0.15) is 43.1 Å². The van der Waals surface area contributed by atoms with Crippen molar-refractivity contribution in [2.45, 2.75) is 58.2 Å². The van der Waals surface area contributed by atoms with Gasteiger partial charge in [-0.2, -0.15) is 0 Å². The summed E-state index contributed by atoms with van der Waals surface area (Å²) in [7, 11) is 0. The number of nitrogens with one attached hydrogen (secondary N) is 1. The first-order valence-corrected chi connectivity index (χ1v) is 8.28. The van der Waals surface area contributed by atoms with E-state index in [2.05, 4.69) is 43.0 Å². The lowest BCUT2D eigenvalue weighted by molar-refractivity contribution is 0.503. The van der Waals surface area contributed by atoms with E-state index in [4.69, 9.17) is 0 Å². The van der Waals surface area contributed by atoms with Crippen molar-refractivity contribution in [2.24, 2.45) is 5.92 Å². The summed E-state index contributed by atoms with van der Waals surface area (Å²) in [5, 5.41) is 4.60. The van der Waals surface area contributed by atoms with Crippen LogP contribution in [0, 0.1) is 26.7 Å². The Morgan fingerprint density at radius 2 is 1.84 bits per heavy atom. The monoisotopic (exact) mass is 279 g/mol. The Kier molecular flexibility index (Phi) is 5.22. The van der Waals surface area contributed by atoms with Crippen molar-refractivity contribution in [3.05, 3.63) is 17.0 Å². The van der Waals surface area contributed by atoms with Gasteiger partial charge in [0.05, 0.1) is 0 Å². The first-order valence-electron chi connectivity index (χ1n) is 7.29. The van der Waals surface area contributed by atoms with E-state index in [1.54, 1.807) is 11.8 Å². The van der Waals surface area contributed by atoms with Crippen molar-refractivity contribution in [1.29, 1.82) is 0 Å². The number of aryl methyl sites for hydroxylation is 2. The third kappa shape index (κ3) is 4.18. The van der Waals surface area contributed by atoms with E-state index in [-0.39, 0.29) is 0 Å². The third-order valence-electron chi connectivity index (χ3n) is 3.85. The van der Waals surface area contributed by atoms with E-state index in [0.717, 1.165) is 34.8 Å². The second-order valence-electron chi connectivity index (χ2n) is 5.51. The number of thioether (sulfide) groups is 1. The highest BCUT2D eigenvalue weighted by Crippen LogP contribution is 2.34. The molecule has 106 valence electrons. The molecule has 0 spiro atoms. The molecule has 19 heavy (non-hydrogen) atoms. The van der Waals surface area contributed by atoms with Crippen LogP contribution in [0.4, 0.5) is 0 Å². The number of hydrogen-bond donors (Lipinski definition) is 1. The summed E-state index contributed by atoms with van der Waals surface area (Å²) in [5.74, 6) is 1.97. The third-order valence-corrected chi connectivity index (χ3v) is 4.82. The molecule has 3 nitrogen and oxygen atoms in total. The Bertz CT molecular complexity index is 406. The number of rotatable bonds is 7. The SMILES string of the molecule is CCCNC(CSc1nc(C)c(C)c(C)n1)C1CC1. The predicted molar refractivity (Wildman–Crippen MR) is 81.8 cm³/mol. The van der Waals surface area contributed by atoms with Crippen molar-refractivity contribution in [2.75, 3.05) is 12.3 Å². The first-order chi connectivity index (χ1) is 9.11. The molecule has 4 heteroatoms. The molecular weight excluding hydrogens is 254 g/mol. The Morgan fingerprint density at radius 1 is 1.21 bits per heavy atom. The molecular formula is C15H25N3S. The van der Waals surface area contributed by atoms with Gasteiger partial charge < -0.3 is 5.32 Å². The van der Waals surface area contributed by atoms with Crippen molar-refractivity contribution in [3.8, 4) is 0 Å². The maximum absolute atomic E-state index is 4.59. The minimum Gasteiger partial charge on any atom is -0.313 e. The Morgan fingerprint density at radius 3 is 2.37 bits per heavy atom. The maximum Gasteiger partial charge on any atom is 0.188 e. The second kappa shape index (κ2) is 6.71. The van der Waals surface area contributed by atoms with E-state index < -0.39 is 0 Å². The van der Waals surface area contributed by atoms with Gasteiger partial charge in [0.25, 0.3) is 0 Å². The summed E-state index contributed by atoms with van der Waals surface area (Å²) < 4.78 is 0. The van der Waals surface area contributed by atoms with Gasteiger partial charge in [0, 0.05) is 23.2 Å². The summed E-state index contributed by atoms with van der Waals surface area (Å²) in [4.78, 5) is 9.18. The molecule has 0 saturated heterocycles. The molecule has 1 saturated carbocycles. The van der Waals surface area contributed by atoms with Gasteiger partial charge >= 0.3 is 0 Å². The molecule has 1 aliphatic rings. The average molecular weight is 279 g/mol. The quantitative estimate of drug-likeness (QED) is 0.614. The minimum atomic E-state index is 0.635. The summed E-state index contributed by atoms with van der Waals surface area (Å²) in [6.45, 7) is 9.58. The van der Waals surface area contributed by atoms with E-state index in [1.165, 1.54) is 24.8 Å². The standard InChI is InChI=1S/C15H25N3S/c1-5-8-16-14(13-6-7-13)9-19-15-17-11(3)10(2)12(4)18-15/h13-14,16H,5-9H2,1-4H3. The fraction of sp³-hybridized carbons (Fsp3) is 0.733. The van der Waals surface area contributed by atoms with Crippen LogP contribution < -0.4 is 5.32 Å². The van der Waals surface area contributed by atoms with Crippen LogP contribution >= 0.6 is 11.8 Å². The summed E-state index contributed by atoms with van der Waals surface area (Å²) in [5.41, 5.74) is 3.44. The van der Waals surface area contributed by atoms with Gasteiger partial charge in [-0.25, -0.2) is 9.97 Å². The first kappa shape index (κ1) is 14.8. The van der Waals surface area contributed by atoms with Crippen molar-refractivity contribution >= 4 is 11.8 Å².